The van der Waals surface area contributed by atoms with E-state index >= 15 is 0 Å². The summed E-state index contributed by atoms with van der Waals surface area (Å²) in [5, 5.41) is 13.8. The van der Waals surface area contributed by atoms with Crippen molar-refractivity contribution in [1.82, 2.24) is 5.32 Å². The minimum atomic E-state index is -0.279. The van der Waals surface area contributed by atoms with Crippen molar-refractivity contribution in [2.24, 2.45) is 4.99 Å². The van der Waals surface area contributed by atoms with Gasteiger partial charge in [-0.2, -0.15) is 0 Å². The lowest BCUT2D eigenvalue weighted by Crippen LogP contribution is -2.19. The predicted molar refractivity (Wildman–Crippen MR) is 103 cm³/mol. The fourth-order valence-electron chi connectivity index (χ4n) is 1.93. The molecule has 122 valence electrons. The molecule has 2 aromatic rings. The Morgan fingerprint density at radius 1 is 1.17 bits per heavy atom. The van der Waals surface area contributed by atoms with Crippen LogP contribution in [0.25, 0.3) is 6.08 Å². The number of aromatic hydroxyl groups is 1. The van der Waals surface area contributed by atoms with Gasteiger partial charge in [0.1, 0.15) is 5.75 Å². The Balaban J connectivity index is 1.87. The van der Waals surface area contributed by atoms with E-state index in [9.17, 15) is 9.90 Å². The molecule has 8 heteroatoms. The topological polar surface area (TPSA) is 61.7 Å². The molecule has 2 aromatic carbocycles. The number of thioether (sulfide) groups is 1. The second-order valence-electron chi connectivity index (χ2n) is 4.78. The monoisotopic (exact) mass is 442 g/mol. The van der Waals surface area contributed by atoms with Gasteiger partial charge in [-0.3, -0.25) is 4.79 Å². The van der Waals surface area contributed by atoms with Crippen LogP contribution in [0.1, 0.15) is 5.56 Å². The number of carbonyl (C=O) groups excluding carboxylic acids is 1. The smallest absolute Gasteiger partial charge is 0.264 e. The Hall–Kier alpha value is -1.47. The van der Waals surface area contributed by atoms with Gasteiger partial charge in [-0.15, -0.1) is 0 Å². The quantitative estimate of drug-likeness (QED) is 0.614. The van der Waals surface area contributed by atoms with E-state index < -0.39 is 0 Å². The fraction of sp³-hybridized carbons (Fsp3) is 0. The van der Waals surface area contributed by atoms with Gasteiger partial charge in [0.05, 0.1) is 20.6 Å². The maximum Gasteiger partial charge on any atom is 0.264 e. The molecule has 1 amide bonds. The Bertz CT molecular complexity index is 900. The summed E-state index contributed by atoms with van der Waals surface area (Å²) in [6.07, 6.45) is 1.61. The van der Waals surface area contributed by atoms with Crippen molar-refractivity contribution in [1.29, 1.82) is 0 Å². The zero-order chi connectivity index (χ0) is 17.3. The van der Waals surface area contributed by atoms with Gasteiger partial charge in [0.25, 0.3) is 5.91 Å². The summed E-state index contributed by atoms with van der Waals surface area (Å²) < 4.78 is 0.806. The standard InChI is InChI=1S/C16H9BrCl2N2O2S/c17-9-1-4-13(22)8(5-9)6-14-15(23)21-16(24-14)20-10-2-3-11(18)12(19)7-10/h1-7,22H,(H,20,21,23)/b14-6+. The summed E-state index contributed by atoms with van der Waals surface area (Å²) in [5.41, 5.74) is 1.12. The number of nitrogens with one attached hydrogen (secondary N) is 1. The number of rotatable bonds is 2. The summed E-state index contributed by atoms with van der Waals surface area (Å²) in [6.45, 7) is 0. The zero-order valence-electron chi connectivity index (χ0n) is 11.9. The average molecular weight is 444 g/mol. The lowest BCUT2D eigenvalue weighted by Gasteiger charge is -2.00. The van der Waals surface area contributed by atoms with E-state index in [1.165, 1.54) is 11.8 Å². The van der Waals surface area contributed by atoms with Crippen molar-refractivity contribution in [3.05, 3.63) is 61.4 Å². The molecule has 1 fully saturated rings. The average Bonchev–Trinajstić information content (AvgIpc) is 2.86. The molecule has 0 spiro atoms. The number of carbonyl (C=O) groups is 1. The summed E-state index contributed by atoms with van der Waals surface area (Å²) in [7, 11) is 0. The molecule has 2 N–H and O–H groups in total. The molecule has 0 saturated carbocycles. The number of amides is 1. The van der Waals surface area contributed by atoms with Crippen LogP contribution in [0.4, 0.5) is 5.69 Å². The number of hydrogen-bond donors (Lipinski definition) is 2. The SMILES string of the molecule is O=C1NC(=Nc2ccc(Cl)c(Cl)c2)S/C1=C/c1cc(Br)ccc1O. The molecule has 0 aromatic heterocycles. The lowest BCUT2D eigenvalue weighted by molar-refractivity contribution is -0.115. The largest absolute Gasteiger partial charge is 0.507 e. The fourth-order valence-corrected chi connectivity index (χ4v) is 3.44. The van der Waals surface area contributed by atoms with Crippen LogP contribution in [0, 0.1) is 0 Å². The van der Waals surface area contributed by atoms with Crippen molar-refractivity contribution in [2.75, 3.05) is 0 Å². The van der Waals surface area contributed by atoms with Gasteiger partial charge in [0.2, 0.25) is 0 Å². The molecular formula is C16H9BrCl2N2O2S. The van der Waals surface area contributed by atoms with Crippen LogP contribution in [-0.2, 0) is 4.79 Å². The number of benzene rings is 2. The van der Waals surface area contributed by atoms with E-state index in [4.69, 9.17) is 23.2 Å². The highest BCUT2D eigenvalue weighted by molar-refractivity contribution is 9.10. The highest BCUT2D eigenvalue weighted by atomic mass is 79.9. The molecule has 1 heterocycles. The first-order valence-corrected chi connectivity index (χ1v) is 9.02. The third-order valence-corrected chi connectivity index (χ3v) is 5.20. The maximum atomic E-state index is 12.1. The third-order valence-electron chi connectivity index (χ3n) is 3.06. The van der Waals surface area contributed by atoms with Crippen LogP contribution in [0.3, 0.4) is 0 Å². The second kappa shape index (κ2) is 7.19. The number of aliphatic imine (C=N–C) groups is 1. The van der Waals surface area contributed by atoms with Gasteiger partial charge >= 0.3 is 0 Å². The Morgan fingerprint density at radius 2 is 1.96 bits per heavy atom. The molecule has 1 aliphatic heterocycles. The van der Waals surface area contributed by atoms with E-state index in [1.807, 2.05) is 0 Å². The van der Waals surface area contributed by atoms with Crippen LogP contribution in [0.5, 0.6) is 5.75 Å². The van der Waals surface area contributed by atoms with Crippen LogP contribution in [0.2, 0.25) is 10.0 Å². The number of hydrogen-bond acceptors (Lipinski definition) is 4. The van der Waals surface area contributed by atoms with Gasteiger partial charge in [-0.25, -0.2) is 4.99 Å². The predicted octanol–water partition coefficient (Wildman–Crippen LogP) is 5.35. The Kier molecular flexibility index (Phi) is 5.20. The normalized spacial score (nSPS) is 17.5. The Labute approximate surface area is 160 Å². The summed E-state index contributed by atoms with van der Waals surface area (Å²) >= 11 is 16.3. The molecule has 0 unspecified atom stereocenters. The zero-order valence-corrected chi connectivity index (χ0v) is 15.8. The molecule has 1 aliphatic rings. The van der Waals surface area contributed by atoms with Crippen LogP contribution >= 0.6 is 50.9 Å². The molecule has 0 radical (unpaired) electrons. The van der Waals surface area contributed by atoms with Crippen molar-refractivity contribution >= 4 is 73.7 Å². The van der Waals surface area contributed by atoms with E-state index in [0.29, 0.717) is 31.4 Å². The lowest BCUT2D eigenvalue weighted by atomic mass is 10.2. The van der Waals surface area contributed by atoms with Crippen LogP contribution < -0.4 is 5.32 Å². The van der Waals surface area contributed by atoms with Gasteiger partial charge in [-0.05, 0) is 54.2 Å². The van der Waals surface area contributed by atoms with Crippen LogP contribution in [-0.4, -0.2) is 16.2 Å². The second-order valence-corrected chi connectivity index (χ2v) is 7.54. The van der Waals surface area contributed by atoms with Crippen LogP contribution in [0.15, 0.2) is 50.8 Å². The van der Waals surface area contributed by atoms with Crippen molar-refractivity contribution in [3.8, 4) is 5.75 Å². The first-order chi connectivity index (χ1) is 11.4. The molecular weight excluding hydrogens is 435 g/mol. The molecule has 1 saturated heterocycles. The van der Waals surface area contributed by atoms with E-state index in [0.717, 1.165) is 4.47 Å². The number of amidine groups is 1. The number of phenolic OH excluding ortho intramolecular Hbond substituents is 1. The summed E-state index contributed by atoms with van der Waals surface area (Å²) in [5.74, 6) is -0.188. The maximum absolute atomic E-state index is 12.1. The first-order valence-electron chi connectivity index (χ1n) is 6.65. The summed E-state index contributed by atoms with van der Waals surface area (Å²) in [6, 6.07) is 9.96. The van der Waals surface area contributed by atoms with E-state index in [-0.39, 0.29) is 11.7 Å². The molecule has 0 atom stereocenters. The van der Waals surface area contributed by atoms with Gasteiger partial charge in [0, 0.05) is 10.0 Å². The minimum absolute atomic E-state index is 0.0916. The first kappa shape index (κ1) is 17.4. The van der Waals surface area contributed by atoms with E-state index in [2.05, 4.69) is 26.2 Å². The van der Waals surface area contributed by atoms with Gasteiger partial charge < -0.3 is 10.4 Å². The number of nitrogens with zero attached hydrogens (tertiary/aromatic N) is 1. The molecule has 24 heavy (non-hydrogen) atoms. The highest BCUT2D eigenvalue weighted by Gasteiger charge is 2.24. The van der Waals surface area contributed by atoms with Crippen molar-refractivity contribution in [2.45, 2.75) is 0 Å². The number of halogens is 3. The minimum Gasteiger partial charge on any atom is -0.507 e. The number of phenols is 1. The van der Waals surface area contributed by atoms with Gasteiger partial charge in [-0.1, -0.05) is 39.1 Å². The third kappa shape index (κ3) is 3.95. The molecule has 0 bridgehead atoms. The van der Waals surface area contributed by atoms with E-state index in [1.54, 1.807) is 42.5 Å². The van der Waals surface area contributed by atoms with Crippen molar-refractivity contribution < 1.29 is 9.90 Å². The Morgan fingerprint density at radius 3 is 2.71 bits per heavy atom. The van der Waals surface area contributed by atoms with Gasteiger partial charge in [0.15, 0.2) is 5.17 Å². The molecule has 3 rings (SSSR count). The van der Waals surface area contributed by atoms with Crippen molar-refractivity contribution in [3.63, 3.8) is 0 Å². The highest BCUT2D eigenvalue weighted by Crippen LogP contribution is 2.32. The molecule has 0 aliphatic carbocycles. The summed E-state index contributed by atoms with van der Waals surface area (Å²) in [4.78, 5) is 16.8. The molecule has 4 nitrogen and oxygen atoms in total.